The molecule has 0 spiro atoms. The summed E-state index contributed by atoms with van der Waals surface area (Å²) >= 11 is 18.2. The van der Waals surface area contributed by atoms with Crippen LogP contribution in [0, 0.1) is 0 Å². The van der Waals surface area contributed by atoms with Gasteiger partial charge < -0.3 is 9.26 Å². The number of hydrogen-bond donors (Lipinski definition) is 0. The van der Waals surface area contributed by atoms with Crippen molar-refractivity contribution in [3.8, 4) is 0 Å². The summed E-state index contributed by atoms with van der Waals surface area (Å²) in [4.78, 5) is 17.2. The van der Waals surface area contributed by atoms with Crippen molar-refractivity contribution in [2.75, 3.05) is 19.7 Å². The lowest BCUT2D eigenvalue weighted by molar-refractivity contribution is 0.0488. The van der Waals surface area contributed by atoms with Crippen LogP contribution in [-0.4, -0.2) is 46.0 Å². The molecule has 7 nitrogen and oxygen atoms in total. The van der Waals surface area contributed by atoms with E-state index in [1.165, 1.54) is 6.42 Å². The Balaban J connectivity index is 1.41. The fourth-order valence-corrected chi connectivity index (χ4v) is 7.75. The van der Waals surface area contributed by atoms with E-state index in [0.717, 1.165) is 36.8 Å². The van der Waals surface area contributed by atoms with Crippen LogP contribution in [0.25, 0.3) is 0 Å². The molecule has 3 heterocycles. The van der Waals surface area contributed by atoms with Crippen molar-refractivity contribution in [1.82, 2.24) is 14.5 Å². The fourth-order valence-electron chi connectivity index (χ4n) is 4.08. The van der Waals surface area contributed by atoms with E-state index in [2.05, 4.69) is 9.77 Å². The summed E-state index contributed by atoms with van der Waals surface area (Å²) < 4.78 is 16.0. The van der Waals surface area contributed by atoms with Crippen molar-refractivity contribution in [2.24, 2.45) is 4.99 Å². The standard InChI is InChI=1S/C24H23Cl2N4O3PS/c25-19-8-4-17(5-9-19)23-28-22-21(34(35,33-23)29-12-2-1-3-13-29)16-27-30(22)14-15-32-24(31)18-6-10-20(26)11-7-18/h4-11,16H,1-3,12-15H2. The van der Waals surface area contributed by atoms with Gasteiger partial charge in [-0.25, -0.2) is 14.1 Å². The summed E-state index contributed by atoms with van der Waals surface area (Å²) in [7, 11) is 0. The second-order valence-corrected chi connectivity index (χ2v) is 12.9. The Bertz CT molecular complexity index is 1310. The van der Waals surface area contributed by atoms with E-state index in [9.17, 15) is 4.79 Å². The van der Waals surface area contributed by atoms with E-state index >= 15 is 0 Å². The highest BCUT2D eigenvalue weighted by Crippen LogP contribution is 2.56. The van der Waals surface area contributed by atoms with Crippen molar-refractivity contribution in [3.05, 3.63) is 75.9 Å². The average Bonchev–Trinajstić information content (AvgIpc) is 3.29. The molecule has 0 amide bonds. The highest BCUT2D eigenvalue weighted by Gasteiger charge is 2.40. The van der Waals surface area contributed by atoms with Crippen LogP contribution in [0.4, 0.5) is 5.82 Å². The predicted octanol–water partition coefficient (Wildman–Crippen LogP) is 5.58. The minimum absolute atomic E-state index is 0.134. The second-order valence-electron chi connectivity index (χ2n) is 8.27. The molecular formula is C24H23Cl2N4O3PS. The van der Waals surface area contributed by atoms with Gasteiger partial charge in [-0.3, -0.25) is 0 Å². The van der Waals surface area contributed by atoms with Crippen LogP contribution in [0.15, 0.2) is 59.7 Å². The van der Waals surface area contributed by atoms with E-state index in [1.54, 1.807) is 47.3 Å². The van der Waals surface area contributed by atoms with E-state index in [0.29, 0.717) is 33.9 Å². The van der Waals surface area contributed by atoms with Gasteiger partial charge in [-0.2, -0.15) is 10.1 Å². The van der Waals surface area contributed by atoms with Crippen molar-refractivity contribution >= 4 is 64.4 Å². The van der Waals surface area contributed by atoms with Gasteiger partial charge in [-0.05, 0) is 73.2 Å². The van der Waals surface area contributed by atoms with Gasteiger partial charge in [0.2, 0.25) is 12.3 Å². The van der Waals surface area contributed by atoms with Gasteiger partial charge in [-0.15, -0.1) is 0 Å². The van der Waals surface area contributed by atoms with Crippen LogP contribution in [0.5, 0.6) is 0 Å². The molecular weight excluding hydrogens is 526 g/mol. The summed E-state index contributed by atoms with van der Waals surface area (Å²) in [5.74, 6) is 0.690. The maximum atomic E-state index is 12.4. The van der Waals surface area contributed by atoms with Crippen LogP contribution >= 0.6 is 29.6 Å². The molecule has 1 atom stereocenters. The quantitative estimate of drug-likeness (QED) is 0.296. The zero-order valence-electron chi connectivity index (χ0n) is 18.8. The lowest BCUT2D eigenvalue weighted by Crippen LogP contribution is -2.34. The number of esters is 1. The number of aliphatic imine (C=N–C) groups is 1. The van der Waals surface area contributed by atoms with Crippen molar-refractivity contribution in [2.45, 2.75) is 25.8 Å². The smallest absolute Gasteiger partial charge is 0.338 e. The molecule has 182 valence electrons. The molecule has 1 aromatic heterocycles. The molecule has 5 rings (SSSR count). The largest absolute Gasteiger partial charge is 0.460 e. The Morgan fingerprint density at radius 1 is 1.03 bits per heavy atom. The first-order valence-electron chi connectivity index (χ1n) is 11.3. The molecule has 0 N–H and O–H groups in total. The van der Waals surface area contributed by atoms with Crippen molar-refractivity contribution in [3.63, 3.8) is 0 Å². The Labute approximate surface area is 218 Å². The lowest BCUT2D eigenvalue weighted by atomic mass is 10.2. The van der Waals surface area contributed by atoms with Crippen molar-refractivity contribution in [1.29, 1.82) is 0 Å². The number of nitrogens with zero attached hydrogens (tertiary/aromatic N) is 4. The number of benzene rings is 2. The number of aromatic nitrogens is 2. The lowest BCUT2D eigenvalue weighted by Gasteiger charge is -2.38. The van der Waals surface area contributed by atoms with E-state index in [4.69, 9.17) is 49.3 Å². The van der Waals surface area contributed by atoms with Crippen LogP contribution in [0.2, 0.25) is 10.0 Å². The minimum Gasteiger partial charge on any atom is -0.460 e. The zero-order chi connectivity index (χ0) is 24.4. The van der Waals surface area contributed by atoms with Gasteiger partial charge in [0.15, 0.2) is 5.82 Å². The monoisotopic (exact) mass is 548 g/mol. The highest BCUT2D eigenvalue weighted by molar-refractivity contribution is 8.15. The SMILES string of the molecule is O=C(OCCn1ncc2c1N=C(c1ccc(Cl)cc1)OP2(=S)N1CCCCC1)c1ccc(Cl)cc1. The first-order valence-corrected chi connectivity index (χ1v) is 14.8. The van der Waals surface area contributed by atoms with Crippen molar-refractivity contribution < 1.29 is 14.1 Å². The Morgan fingerprint density at radius 2 is 1.69 bits per heavy atom. The first-order chi connectivity index (χ1) is 16.9. The molecule has 0 aliphatic carbocycles. The van der Waals surface area contributed by atoms with Gasteiger partial charge >= 0.3 is 5.97 Å². The molecule has 2 aliphatic rings. The summed E-state index contributed by atoms with van der Waals surface area (Å²) in [5, 5.41) is 6.57. The van der Waals surface area contributed by atoms with Crippen LogP contribution in [-0.2, 0) is 27.6 Å². The summed E-state index contributed by atoms with van der Waals surface area (Å²) in [6.07, 6.45) is 2.52. The van der Waals surface area contributed by atoms with Gasteiger partial charge in [0, 0.05) is 28.7 Å². The van der Waals surface area contributed by atoms with E-state index in [1.807, 2.05) is 12.1 Å². The maximum Gasteiger partial charge on any atom is 0.338 e. The number of hydrogen-bond acceptors (Lipinski definition) is 6. The molecule has 0 saturated carbocycles. The number of ether oxygens (including phenoxy) is 1. The molecule has 1 saturated heterocycles. The van der Waals surface area contributed by atoms with E-state index in [-0.39, 0.29) is 6.61 Å². The van der Waals surface area contributed by atoms with Gasteiger partial charge in [0.25, 0.3) is 0 Å². The summed E-state index contributed by atoms with van der Waals surface area (Å²) in [6.45, 7) is 2.24. The molecule has 2 aliphatic heterocycles. The maximum absolute atomic E-state index is 12.4. The van der Waals surface area contributed by atoms with Crippen LogP contribution < -0.4 is 5.30 Å². The normalized spacial score (nSPS) is 20.0. The Hall–Kier alpha value is -2.22. The summed E-state index contributed by atoms with van der Waals surface area (Å²) in [6, 6.07) is 13.9. The molecule has 0 bridgehead atoms. The molecule has 0 radical (unpaired) electrons. The Kier molecular flexibility index (Phi) is 7.28. The molecule has 11 heteroatoms. The third kappa shape index (κ3) is 5.18. The highest BCUT2D eigenvalue weighted by atomic mass is 35.5. The van der Waals surface area contributed by atoms with Gasteiger partial charge in [0.1, 0.15) is 11.9 Å². The molecule has 35 heavy (non-hydrogen) atoms. The first kappa shape index (κ1) is 24.5. The molecule has 1 fully saturated rings. The average molecular weight is 549 g/mol. The topological polar surface area (TPSA) is 69.0 Å². The molecule has 1 unspecified atom stereocenters. The van der Waals surface area contributed by atoms with E-state index < -0.39 is 12.4 Å². The van der Waals surface area contributed by atoms with Gasteiger partial charge in [0.05, 0.1) is 18.3 Å². The van der Waals surface area contributed by atoms with Gasteiger partial charge in [-0.1, -0.05) is 29.6 Å². The number of piperidine rings is 1. The number of halogens is 2. The molecule has 2 aromatic carbocycles. The second kappa shape index (κ2) is 10.4. The number of carbonyl (C=O) groups is 1. The third-order valence-corrected chi connectivity index (χ3v) is 10.4. The van der Waals surface area contributed by atoms with Crippen LogP contribution in [0.3, 0.4) is 0 Å². The number of carbonyl (C=O) groups excluding carboxylic acids is 1. The molecule has 3 aromatic rings. The number of rotatable bonds is 6. The Morgan fingerprint density at radius 3 is 2.37 bits per heavy atom. The fraction of sp³-hybridized carbons (Fsp3) is 0.292. The summed E-state index contributed by atoms with van der Waals surface area (Å²) in [5.41, 5.74) is 1.24. The minimum atomic E-state index is -2.60. The zero-order valence-corrected chi connectivity index (χ0v) is 22.0. The third-order valence-electron chi connectivity index (χ3n) is 5.93. The van der Waals surface area contributed by atoms with Crippen LogP contribution in [0.1, 0.15) is 35.2 Å². The predicted molar refractivity (Wildman–Crippen MR) is 142 cm³/mol. The number of fused-ring (bicyclic) bond motifs is 1.